The first kappa shape index (κ1) is 19.8. The quantitative estimate of drug-likeness (QED) is 0.611. The molecular formula is C17H16FN3O6. The lowest BCUT2D eigenvalue weighted by atomic mass is 10.3. The van der Waals surface area contributed by atoms with Gasteiger partial charge in [-0.1, -0.05) is 0 Å². The number of esters is 2. The molecule has 27 heavy (non-hydrogen) atoms. The minimum Gasteiger partial charge on any atom is -0.461 e. The molecule has 0 atom stereocenters. The van der Waals surface area contributed by atoms with Crippen LogP contribution in [0.2, 0.25) is 0 Å². The van der Waals surface area contributed by atoms with Gasteiger partial charge in [0.2, 0.25) is 0 Å². The van der Waals surface area contributed by atoms with Crippen molar-refractivity contribution >= 4 is 23.5 Å². The van der Waals surface area contributed by atoms with Gasteiger partial charge >= 0.3 is 17.8 Å². The standard InChI is InChI=1S/C17H16FN3O6/c1-3-26-16(24)14-12(19-15(23)17(25)27-4-2)9-13(22)21(20-14)11-7-5-10(18)6-8-11/h5-9H,3-4H2,1-2H3,(H,19,23). The number of benzene rings is 1. The van der Waals surface area contributed by atoms with E-state index in [9.17, 15) is 23.6 Å². The first-order valence-corrected chi connectivity index (χ1v) is 7.92. The van der Waals surface area contributed by atoms with Crippen molar-refractivity contribution in [2.75, 3.05) is 18.5 Å². The predicted molar refractivity (Wildman–Crippen MR) is 91.0 cm³/mol. The number of hydrogen-bond donors (Lipinski definition) is 1. The highest BCUT2D eigenvalue weighted by atomic mass is 19.1. The molecule has 1 aromatic heterocycles. The number of carbonyl (C=O) groups is 3. The van der Waals surface area contributed by atoms with Gasteiger partial charge in [-0.05, 0) is 38.1 Å². The number of nitrogens with zero attached hydrogens (tertiary/aromatic N) is 2. The van der Waals surface area contributed by atoms with Crippen molar-refractivity contribution in [3.8, 4) is 5.69 Å². The first-order chi connectivity index (χ1) is 12.9. The molecular weight excluding hydrogens is 361 g/mol. The van der Waals surface area contributed by atoms with Crippen LogP contribution in [0.15, 0.2) is 35.1 Å². The van der Waals surface area contributed by atoms with Crippen molar-refractivity contribution in [2.45, 2.75) is 13.8 Å². The van der Waals surface area contributed by atoms with Crippen LogP contribution in [0.4, 0.5) is 10.1 Å². The van der Waals surface area contributed by atoms with E-state index in [0.29, 0.717) is 0 Å². The lowest BCUT2D eigenvalue weighted by molar-refractivity contribution is -0.152. The summed E-state index contributed by atoms with van der Waals surface area (Å²) in [4.78, 5) is 47.8. The number of halogens is 1. The summed E-state index contributed by atoms with van der Waals surface area (Å²) < 4.78 is 23.3. The van der Waals surface area contributed by atoms with Crippen molar-refractivity contribution in [3.05, 3.63) is 52.2 Å². The van der Waals surface area contributed by atoms with E-state index in [-0.39, 0.29) is 24.6 Å². The lowest BCUT2D eigenvalue weighted by Gasteiger charge is -2.12. The number of carbonyl (C=O) groups excluding carboxylic acids is 3. The summed E-state index contributed by atoms with van der Waals surface area (Å²) in [5, 5.41) is 6.00. The highest BCUT2D eigenvalue weighted by Crippen LogP contribution is 2.14. The molecule has 0 aliphatic rings. The van der Waals surface area contributed by atoms with Crippen LogP contribution >= 0.6 is 0 Å². The summed E-state index contributed by atoms with van der Waals surface area (Å²) in [6.45, 7) is 3.06. The molecule has 142 valence electrons. The predicted octanol–water partition coefficient (Wildman–Crippen LogP) is 1.05. The van der Waals surface area contributed by atoms with Gasteiger partial charge < -0.3 is 14.8 Å². The van der Waals surface area contributed by atoms with E-state index in [1.54, 1.807) is 6.92 Å². The first-order valence-electron chi connectivity index (χ1n) is 7.92. The molecule has 1 aromatic carbocycles. The second kappa shape index (κ2) is 8.70. The molecule has 0 radical (unpaired) electrons. The van der Waals surface area contributed by atoms with Crippen LogP contribution in [-0.4, -0.2) is 40.8 Å². The summed E-state index contributed by atoms with van der Waals surface area (Å²) in [5.74, 6) is -3.80. The topological polar surface area (TPSA) is 117 Å². The average Bonchev–Trinajstić information content (AvgIpc) is 2.63. The maximum atomic E-state index is 13.1. The zero-order chi connectivity index (χ0) is 20.0. The zero-order valence-corrected chi connectivity index (χ0v) is 14.5. The molecule has 2 aromatic rings. The van der Waals surface area contributed by atoms with E-state index in [0.717, 1.165) is 22.9 Å². The fourth-order valence-corrected chi connectivity index (χ4v) is 2.04. The van der Waals surface area contributed by atoms with Crippen molar-refractivity contribution in [3.63, 3.8) is 0 Å². The van der Waals surface area contributed by atoms with Crippen molar-refractivity contribution in [2.24, 2.45) is 0 Å². The molecule has 0 saturated heterocycles. The maximum absolute atomic E-state index is 13.1. The Morgan fingerprint density at radius 1 is 1.11 bits per heavy atom. The smallest absolute Gasteiger partial charge is 0.397 e. The molecule has 0 aliphatic heterocycles. The number of nitrogens with one attached hydrogen (secondary N) is 1. The molecule has 0 fully saturated rings. The van der Waals surface area contributed by atoms with Gasteiger partial charge in [-0.25, -0.2) is 14.0 Å². The van der Waals surface area contributed by atoms with Crippen molar-refractivity contribution in [1.29, 1.82) is 0 Å². The minimum absolute atomic E-state index is 0.0153. The van der Waals surface area contributed by atoms with Crippen LogP contribution in [0.1, 0.15) is 24.3 Å². The van der Waals surface area contributed by atoms with Crippen LogP contribution in [-0.2, 0) is 19.1 Å². The average molecular weight is 377 g/mol. The van der Waals surface area contributed by atoms with Crippen LogP contribution in [0.5, 0.6) is 0 Å². The highest BCUT2D eigenvalue weighted by molar-refractivity contribution is 6.37. The fourth-order valence-electron chi connectivity index (χ4n) is 2.04. The van der Waals surface area contributed by atoms with Crippen LogP contribution < -0.4 is 10.9 Å². The second-order valence-electron chi connectivity index (χ2n) is 5.03. The fraction of sp³-hybridized carbons (Fsp3) is 0.235. The Balaban J connectivity index is 2.50. The highest BCUT2D eigenvalue weighted by Gasteiger charge is 2.23. The Morgan fingerprint density at radius 2 is 1.74 bits per heavy atom. The number of rotatable bonds is 5. The van der Waals surface area contributed by atoms with E-state index >= 15 is 0 Å². The van der Waals surface area contributed by atoms with E-state index in [1.807, 2.05) is 0 Å². The molecule has 1 heterocycles. The molecule has 0 bridgehead atoms. The molecule has 0 saturated carbocycles. The number of aromatic nitrogens is 2. The van der Waals surface area contributed by atoms with Gasteiger partial charge in [0, 0.05) is 6.07 Å². The van der Waals surface area contributed by atoms with Crippen molar-refractivity contribution < 1.29 is 28.2 Å². The molecule has 1 amide bonds. The minimum atomic E-state index is -1.19. The number of anilines is 1. The van der Waals surface area contributed by atoms with Gasteiger partial charge in [0.15, 0.2) is 5.69 Å². The SMILES string of the molecule is CCOC(=O)C(=O)Nc1cc(=O)n(-c2ccc(F)cc2)nc1C(=O)OCC. The molecule has 1 N–H and O–H groups in total. The molecule has 2 rings (SSSR count). The summed E-state index contributed by atoms with van der Waals surface area (Å²) >= 11 is 0. The molecule has 9 nitrogen and oxygen atoms in total. The number of hydrogen-bond acceptors (Lipinski definition) is 7. The Kier molecular flexibility index (Phi) is 6.36. The monoisotopic (exact) mass is 377 g/mol. The van der Waals surface area contributed by atoms with Gasteiger partial charge in [0.1, 0.15) is 5.82 Å². The van der Waals surface area contributed by atoms with Crippen LogP contribution in [0.3, 0.4) is 0 Å². The van der Waals surface area contributed by atoms with E-state index in [2.05, 4.69) is 15.2 Å². The third-order valence-electron chi connectivity index (χ3n) is 3.18. The van der Waals surface area contributed by atoms with E-state index < -0.39 is 34.9 Å². The Labute approximate surface area is 152 Å². The summed E-state index contributed by atoms with van der Waals surface area (Å²) in [6.07, 6.45) is 0. The normalized spacial score (nSPS) is 10.2. The van der Waals surface area contributed by atoms with Crippen LogP contribution in [0.25, 0.3) is 5.69 Å². The van der Waals surface area contributed by atoms with Gasteiger partial charge in [0.05, 0.1) is 24.6 Å². The van der Waals surface area contributed by atoms with Gasteiger partial charge in [-0.15, -0.1) is 0 Å². The largest absolute Gasteiger partial charge is 0.461 e. The number of ether oxygens (including phenoxy) is 2. The van der Waals surface area contributed by atoms with Crippen molar-refractivity contribution in [1.82, 2.24) is 9.78 Å². The molecule has 10 heteroatoms. The van der Waals surface area contributed by atoms with E-state index in [1.165, 1.54) is 19.1 Å². The third-order valence-corrected chi connectivity index (χ3v) is 3.18. The van der Waals surface area contributed by atoms with Gasteiger partial charge in [-0.3, -0.25) is 9.59 Å². The number of amides is 1. The van der Waals surface area contributed by atoms with Gasteiger partial charge in [0.25, 0.3) is 5.56 Å². The van der Waals surface area contributed by atoms with Gasteiger partial charge in [-0.2, -0.15) is 9.78 Å². The second-order valence-corrected chi connectivity index (χ2v) is 5.03. The molecule has 0 spiro atoms. The van der Waals surface area contributed by atoms with E-state index in [4.69, 9.17) is 4.74 Å². The maximum Gasteiger partial charge on any atom is 0.397 e. The third kappa shape index (κ3) is 4.75. The Bertz CT molecular complexity index is 923. The Hall–Kier alpha value is -3.56. The lowest BCUT2D eigenvalue weighted by Crippen LogP contribution is -2.30. The summed E-state index contributed by atoms with van der Waals surface area (Å²) in [7, 11) is 0. The Morgan fingerprint density at radius 3 is 2.33 bits per heavy atom. The molecule has 0 aliphatic carbocycles. The zero-order valence-electron chi connectivity index (χ0n) is 14.5. The summed E-state index contributed by atoms with van der Waals surface area (Å²) in [5.41, 5.74) is -1.25. The summed E-state index contributed by atoms with van der Waals surface area (Å²) in [6, 6.07) is 5.71. The van der Waals surface area contributed by atoms with Crippen LogP contribution in [0, 0.1) is 5.82 Å². The molecule has 0 unspecified atom stereocenters.